The molecule has 4 rings (SSSR count). The van der Waals surface area contributed by atoms with E-state index in [1.54, 1.807) is 0 Å². The predicted octanol–water partition coefficient (Wildman–Crippen LogP) is 9.18. The lowest BCUT2D eigenvalue weighted by Crippen LogP contribution is -1.73. The zero-order chi connectivity index (χ0) is 21.9. The van der Waals surface area contributed by atoms with Crippen LogP contribution in [0.25, 0.3) is 21.7 Å². The minimum Gasteiger partial charge on any atom is -0.256 e. The molecule has 4 aromatic rings. The molecule has 1 heterocycles. The number of para-hydroxylation sites is 1. The highest BCUT2D eigenvalue weighted by molar-refractivity contribution is 5.82. The van der Waals surface area contributed by atoms with Crippen molar-refractivity contribution in [1.82, 2.24) is 4.98 Å². The normalized spacial score (nSPS) is 8.97. The van der Waals surface area contributed by atoms with Crippen LogP contribution in [0.1, 0.15) is 54.9 Å². The van der Waals surface area contributed by atoms with Gasteiger partial charge in [-0.25, -0.2) is 0 Å². The van der Waals surface area contributed by atoms with E-state index in [1.165, 1.54) is 22.6 Å². The van der Waals surface area contributed by atoms with Crippen LogP contribution in [0.2, 0.25) is 0 Å². The van der Waals surface area contributed by atoms with Gasteiger partial charge in [0.1, 0.15) is 0 Å². The monoisotopic (exact) mass is 389 g/mol. The van der Waals surface area contributed by atoms with Crippen molar-refractivity contribution < 1.29 is 0 Å². The Morgan fingerprint density at radius 3 is 1.28 bits per heavy atom. The second kappa shape index (κ2) is 17.4. The molecule has 1 aromatic heterocycles. The molecular weight excluding hydrogens is 350 g/mol. The molecule has 3 aromatic carbocycles. The Morgan fingerprint density at radius 1 is 0.586 bits per heavy atom. The van der Waals surface area contributed by atoms with E-state index in [0.29, 0.717) is 0 Å². The third kappa shape index (κ3) is 12.4. The Bertz CT molecular complexity index is 676. The van der Waals surface area contributed by atoms with Gasteiger partial charge in [0.2, 0.25) is 0 Å². The van der Waals surface area contributed by atoms with Gasteiger partial charge in [-0.15, -0.1) is 0 Å². The van der Waals surface area contributed by atoms with Crippen molar-refractivity contribution >= 4 is 21.7 Å². The van der Waals surface area contributed by atoms with E-state index in [-0.39, 0.29) is 0 Å². The van der Waals surface area contributed by atoms with Crippen LogP contribution in [-0.2, 0) is 0 Å². The van der Waals surface area contributed by atoms with Crippen LogP contribution < -0.4 is 0 Å². The summed E-state index contributed by atoms with van der Waals surface area (Å²) in [5.41, 5.74) is 1.06. The molecule has 1 nitrogen and oxygen atoms in total. The van der Waals surface area contributed by atoms with E-state index in [2.05, 4.69) is 100 Å². The summed E-state index contributed by atoms with van der Waals surface area (Å²) in [5, 5.41) is 3.82. The Kier molecular flexibility index (Phi) is 15.8. The lowest BCUT2D eigenvalue weighted by atomic mass is 10.1. The molecule has 0 saturated heterocycles. The highest BCUT2D eigenvalue weighted by Gasteiger charge is 1.87. The highest BCUT2D eigenvalue weighted by Crippen LogP contribution is 2.11. The zero-order valence-corrected chi connectivity index (χ0v) is 19.4. The molecule has 0 amide bonds. The molecule has 0 radical (unpaired) electrons. The van der Waals surface area contributed by atoms with E-state index < -0.39 is 0 Å². The van der Waals surface area contributed by atoms with Gasteiger partial charge in [0.05, 0.1) is 5.52 Å². The van der Waals surface area contributed by atoms with Crippen LogP contribution in [0.3, 0.4) is 0 Å². The molecule has 0 aliphatic carbocycles. The number of aromatic nitrogens is 1. The standard InChI is InChI=1S/C10H8.C9H7N.C4H10.C3H8.C2H6/c1-2-6-10-8-4-3-7-9(10)5-1;1-2-6-9-8(4-1)5-3-7-10-9;1-4(2)3;1-3-2;1-2/h1-8H;1-7H;4H,1-3H3;3H2,1-2H3;1-2H3. The smallest absolute Gasteiger partial charge is 0.0701 e. The summed E-state index contributed by atoms with van der Waals surface area (Å²) in [6, 6.07) is 28.8. The molecule has 0 unspecified atom stereocenters. The average molecular weight is 390 g/mol. The van der Waals surface area contributed by atoms with Gasteiger partial charge in [0.15, 0.2) is 0 Å². The van der Waals surface area contributed by atoms with E-state index in [4.69, 9.17) is 0 Å². The van der Waals surface area contributed by atoms with Crippen LogP contribution >= 0.6 is 0 Å². The van der Waals surface area contributed by atoms with Crippen LogP contribution in [-0.4, -0.2) is 4.98 Å². The molecular formula is C28H39N. The lowest BCUT2D eigenvalue weighted by Gasteiger charge is -1.92. The summed E-state index contributed by atoms with van der Waals surface area (Å²) < 4.78 is 0. The lowest BCUT2D eigenvalue weighted by molar-refractivity contribution is 0.737. The zero-order valence-electron chi connectivity index (χ0n) is 19.4. The van der Waals surface area contributed by atoms with Gasteiger partial charge in [-0.2, -0.15) is 0 Å². The molecule has 0 fully saturated rings. The number of hydrogen-bond donors (Lipinski definition) is 0. The molecule has 0 aliphatic rings. The van der Waals surface area contributed by atoms with Crippen LogP contribution in [0.15, 0.2) is 91.1 Å². The van der Waals surface area contributed by atoms with E-state index in [1.807, 2.05) is 44.3 Å². The minimum atomic E-state index is 0.833. The molecule has 0 saturated carbocycles. The van der Waals surface area contributed by atoms with E-state index in [0.717, 1.165) is 11.4 Å². The SMILES string of the molecule is CC.CC(C)C.CCC.c1ccc2ccccc2c1.c1ccc2ncccc2c1. The molecule has 0 spiro atoms. The Labute approximate surface area is 178 Å². The highest BCUT2D eigenvalue weighted by atomic mass is 14.6. The molecule has 1 heteroatoms. The average Bonchev–Trinajstić information content (AvgIpc) is 2.76. The predicted molar refractivity (Wildman–Crippen MR) is 134 cm³/mol. The van der Waals surface area contributed by atoms with Crippen molar-refractivity contribution in [2.75, 3.05) is 0 Å². The molecule has 156 valence electrons. The fourth-order valence-electron chi connectivity index (χ4n) is 2.15. The first-order chi connectivity index (χ1) is 14.1. The number of rotatable bonds is 0. The molecule has 29 heavy (non-hydrogen) atoms. The summed E-state index contributed by atoms with van der Waals surface area (Å²) >= 11 is 0. The third-order valence-electron chi connectivity index (χ3n) is 3.17. The Balaban J connectivity index is 0.000000390. The number of hydrogen-bond acceptors (Lipinski definition) is 1. The fourth-order valence-corrected chi connectivity index (χ4v) is 2.15. The first-order valence-corrected chi connectivity index (χ1v) is 10.8. The van der Waals surface area contributed by atoms with Crippen molar-refractivity contribution in [3.8, 4) is 0 Å². The number of benzene rings is 3. The van der Waals surface area contributed by atoms with Crippen molar-refractivity contribution in [3.05, 3.63) is 91.1 Å². The topological polar surface area (TPSA) is 12.9 Å². The van der Waals surface area contributed by atoms with Gasteiger partial charge < -0.3 is 0 Å². The molecule has 0 N–H and O–H groups in total. The summed E-state index contributed by atoms with van der Waals surface area (Å²) in [6.07, 6.45) is 3.06. The van der Waals surface area contributed by atoms with Gasteiger partial charge in [0, 0.05) is 11.6 Å². The summed E-state index contributed by atoms with van der Waals surface area (Å²) in [4.78, 5) is 4.18. The van der Waals surface area contributed by atoms with Crippen molar-refractivity contribution in [2.24, 2.45) is 5.92 Å². The van der Waals surface area contributed by atoms with Crippen LogP contribution in [0, 0.1) is 5.92 Å². The van der Waals surface area contributed by atoms with Crippen molar-refractivity contribution in [1.29, 1.82) is 0 Å². The summed E-state index contributed by atoms with van der Waals surface area (Å²) in [7, 11) is 0. The maximum Gasteiger partial charge on any atom is 0.0701 e. The minimum absolute atomic E-state index is 0.833. The number of fused-ring (bicyclic) bond motifs is 2. The van der Waals surface area contributed by atoms with E-state index in [9.17, 15) is 0 Å². The second-order valence-corrected chi connectivity index (χ2v) is 6.98. The van der Waals surface area contributed by atoms with E-state index >= 15 is 0 Å². The summed E-state index contributed by atoms with van der Waals surface area (Å²) in [6.45, 7) is 14.7. The largest absolute Gasteiger partial charge is 0.256 e. The summed E-state index contributed by atoms with van der Waals surface area (Å²) in [5.74, 6) is 0.833. The molecule has 0 atom stereocenters. The second-order valence-electron chi connectivity index (χ2n) is 6.98. The first-order valence-electron chi connectivity index (χ1n) is 10.8. The number of pyridine rings is 1. The van der Waals surface area contributed by atoms with Crippen molar-refractivity contribution in [2.45, 2.75) is 54.9 Å². The van der Waals surface area contributed by atoms with Crippen LogP contribution in [0.4, 0.5) is 0 Å². The molecule has 0 bridgehead atoms. The fraction of sp³-hybridized carbons (Fsp3) is 0.321. The van der Waals surface area contributed by atoms with Crippen molar-refractivity contribution in [3.63, 3.8) is 0 Å². The van der Waals surface area contributed by atoms with Gasteiger partial charge in [-0.1, -0.05) is 128 Å². The number of nitrogens with zero attached hydrogens (tertiary/aromatic N) is 1. The molecule has 0 aliphatic heterocycles. The maximum absolute atomic E-state index is 4.18. The first kappa shape index (κ1) is 26.3. The van der Waals surface area contributed by atoms with Gasteiger partial charge in [0.25, 0.3) is 0 Å². The van der Waals surface area contributed by atoms with Crippen LogP contribution in [0.5, 0.6) is 0 Å². The maximum atomic E-state index is 4.18. The Morgan fingerprint density at radius 2 is 0.897 bits per heavy atom. The quantitative estimate of drug-likeness (QED) is 0.292. The van der Waals surface area contributed by atoms with Gasteiger partial charge >= 0.3 is 0 Å². The van der Waals surface area contributed by atoms with Gasteiger partial charge in [-0.3, -0.25) is 4.98 Å². The third-order valence-corrected chi connectivity index (χ3v) is 3.17. The Hall–Kier alpha value is -2.67. The van der Waals surface area contributed by atoms with Gasteiger partial charge in [-0.05, 0) is 28.8 Å².